The zero-order chi connectivity index (χ0) is 16.7. The minimum absolute atomic E-state index is 0. The molecular formula is C18H22Cl2FNO2. The summed E-state index contributed by atoms with van der Waals surface area (Å²) in [6.07, 6.45) is 0.634. The zero-order valence-electron chi connectivity index (χ0n) is 13.8. The molecule has 2 aromatic rings. The standard InChI is InChI=1S/C18H21ClFNO2.ClH/c1-3-23-17-11-13(10-15(19)18(17)22-2)12-21-9-8-14-6-4-5-7-16(14)20;/h4-7,10-11,21H,3,8-9,12H2,1-2H3;1H. The van der Waals surface area contributed by atoms with Crippen LogP contribution in [0.25, 0.3) is 0 Å². The second-order valence-electron chi connectivity index (χ2n) is 5.06. The van der Waals surface area contributed by atoms with Gasteiger partial charge in [-0.3, -0.25) is 0 Å². The van der Waals surface area contributed by atoms with Gasteiger partial charge in [0.05, 0.1) is 18.7 Å². The highest BCUT2D eigenvalue weighted by molar-refractivity contribution is 6.32. The van der Waals surface area contributed by atoms with Crippen LogP contribution in [0.3, 0.4) is 0 Å². The maximum atomic E-state index is 13.5. The molecule has 0 saturated carbocycles. The summed E-state index contributed by atoms with van der Waals surface area (Å²) in [4.78, 5) is 0. The van der Waals surface area contributed by atoms with Gasteiger partial charge in [0.15, 0.2) is 11.5 Å². The molecule has 1 N–H and O–H groups in total. The van der Waals surface area contributed by atoms with Gasteiger partial charge < -0.3 is 14.8 Å². The van der Waals surface area contributed by atoms with Crippen LogP contribution < -0.4 is 14.8 Å². The molecule has 0 aliphatic carbocycles. The van der Waals surface area contributed by atoms with E-state index in [9.17, 15) is 4.39 Å². The van der Waals surface area contributed by atoms with Crippen molar-refractivity contribution in [2.24, 2.45) is 0 Å². The molecule has 0 aliphatic rings. The Morgan fingerprint density at radius 3 is 2.62 bits per heavy atom. The maximum Gasteiger partial charge on any atom is 0.179 e. The summed E-state index contributed by atoms with van der Waals surface area (Å²) < 4.78 is 24.4. The van der Waals surface area contributed by atoms with Gasteiger partial charge in [-0.25, -0.2) is 4.39 Å². The van der Waals surface area contributed by atoms with Gasteiger partial charge in [-0.1, -0.05) is 29.8 Å². The van der Waals surface area contributed by atoms with Crippen LogP contribution >= 0.6 is 24.0 Å². The first-order valence-electron chi connectivity index (χ1n) is 7.59. The van der Waals surface area contributed by atoms with Crippen LogP contribution in [0.5, 0.6) is 11.5 Å². The molecule has 0 atom stereocenters. The highest BCUT2D eigenvalue weighted by Crippen LogP contribution is 2.36. The summed E-state index contributed by atoms with van der Waals surface area (Å²) in [6.45, 7) is 3.75. The first-order valence-corrected chi connectivity index (χ1v) is 7.96. The van der Waals surface area contributed by atoms with E-state index in [2.05, 4.69) is 5.32 Å². The molecule has 0 radical (unpaired) electrons. The van der Waals surface area contributed by atoms with E-state index in [1.54, 1.807) is 19.2 Å². The van der Waals surface area contributed by atoms with Gasteiger partial charge in [0, 0.05) is 6.54 Å². The number of hydrogen-bond acceptors (Lipinski definition) is 3. The van der Waals surface area contributed by atoms with Crippen LogP contribution in [0.1, 0.15) is 18.1 Å². The fourth-order valence-electron chi connectivity index (χ4n) is 2.34. The normalized spacial score (nSPS) is 10.2. The third-order valence-corrected chi connectivity index (χ3v) is 3.71. The topological polar surface area (TPSA) is 30.5 Å². The van der Waals surface area contributed by atoms with Gasteiger partial charge >= 0.3 is 0 Å². The van der Waals surface area contributed by atoms with E-state index >= 15 is 0 Å². The number of nitrogens with one attached hydrogen (secondary N) is 1. The molecule has 2 aromatic carbocycles. The number of halogens is 3. The second-order valence-corrected chi connectivity index (χ2v) is 5.47. The molecule has 0 aliphatic heterocycles. The first kappa shape index (κ1) is 20.6. The Bertz CT molecular complexity index is 653. The summed E-state index contributed by atoms with van der Waals surface area (Å²) in [7, 11) is 1.57. The van der Waals surface area contributed by atoms with Crippen molar-refractivity contribution in [1.82, 2.24) is 5.32 Å². The van der Waals surface area contributed by atoms with Crippen LogP contribution in [0.15, 0.2) is 36.4 Å². The highest BCUT2D eigenvalue weighted by Gasteiger charge is 2.11. The number of methoxy groups -OCH3 is 1. The lowest BCUT2D eigenvalue weighted by atomic mass is 10.1. The Hall–Kier alpha value is -1.49. The Kier molecular flexibility index (Phi) is 8.90. The number of benzene rings is 2. The summed E-state index contributed by atoms with van der Waals surface area (Å²) in [6, 6.07) is 10.6. The SMILES string of the molecule is CCOc1cc(CNCCc2ccccc2F)cc(Cl)c1OC.Cl. The lowest BCUT2D eigenvalue weighted by molar-refractivity contribution is 0.310. The maximum absolute atomic E-state index is 13.5. The van der Waals surface area contributed by atoms with Crippen LogP contribution in [-0.2, 0) is 13.0 Å². The van der Waals surface area contributed by atoms with Gasteiger partial charge in [-0.15, -0.1) is 12.4 Å². The predicted octanol–water partition coefficient (Wildman–Crippen LogP) is 4.64. The average molecular weight is 374 g/mol. The van der Waals surface area contributed by atoms with Crippen molar-refractivity contribution in [2.75, 3.05) is 20.3 Å². The molecule has 2 rings (SSSR count). The molecule has 0 saturated heterocycles. The molecule has 0 unspecified atom stereocenters. The molecule has 132 valence electrons. The van der Waals surface area contributed by atoms with Crippen molar-refractivity contribution in [3.8, 4) is 11.5 Å². The van der Waals surface area contributed by atoms with Crippen LogP contribution in [-0.4, -0.2) is 20.3 Å². The number of rotatable bonds is 8. The van der Waals surface area contributed by atoms with Crippen molar-refractivity contribution < 1.29 is 13.9 Å². The molecule has 3 nitrogen and oxygen atoms in total. The summed E-state index contributed by atoms with van der Waals surface area (Å²) in [5.41, 5.74) is 1.70. The van der Waals surface area contributed by atoms with E-state index in [-0.39, 0.29) is 18.2 Å². The minimum atomic E-state index is -0.166. The quantitative estimate of drug-likeness (QED) is 0.683. The molecule has 0 amide bonds. The van der Waals surface area contributed by atoms with E-state index in [4.69, 9.17) is 21.1 Å². The van der Waals surface area contributed by atoms with E-state index in [0.29, 0.717) is 48.2 Å². The Morgan fingerprint density at radius 2 is 1.96 bits per heavy atom. The number of hydrogen-bond donors (Lipinski definition) is 1. The second kappa shape index (κ2) is 10.4. The third kappa shape index (κ3) is 5.55. The van der Waals surface area contributed by atoms with Gasteiger partial charge in [-0.2, -0.15) is 0 Å². The van der Waals surface area contributed by atoms with E-state index < -0.39 is 0 Å². The van der Waals surface area contributed by atoms with Crippen molar-refractivity contribution >= 4 is 24.0 Å². The molecule has 0 bridgehead atoms. The fourth-order valence-corrected chi connectivity index (χ4v) is 2.65. The van der Waals surface area contributed by atoms with E-state index in [0.717, 1.165) is 5.56 Å². The van der Waals surface area contributed by atoms with Crippen molar-refractivity contribution in [1.29, 1.82) is 0 Å². The fraction of sp³-hybridized carbons (Fsp3) is 0.333. The molecule has 24 heavy (non-hydrogen) atoms. The lowest BCUT2D eigenvalue weighted by Gasteiger charge is -2.13. The van der Waals surface area contributed by atoms with Crippen molar-refractivity contribution in [3.63, 3.8) is 0 Å². The Balaban J connectivity index is 0.00000288. The summed E-state index contributed by atoms with van der Waals surface area (Å²) in [5, 5.41) is 3.81. The molecule has 6 heteroatoms. The first-order chi connectivity index (χ1) is 11.2. The molecule has 0 spiro atoms. The Labute approximate surface area is 153 Å². The molecule has 0 aromatic heterocycles. The van der Waals surface area contributed by atoms with Crippen LogP contribution in [0.2, 0.25) is 5.02 Å². The van der Waals surface area contributed by atoms with Crippen molar-refractivity contribution in [3.05, 3.63) is 58.4 Å². The monoisotopic (exact) mass is 373 g/mol. The van der Waals surface area contributed by atoms with Gasteiger partial charge in [0.25, 0.3) is 0 Å². The lowest BCUT2D eigenvalue weighted by Crippen LogP contribution is -2.17. The van der Waals surface area contributed by atoms with Gasteiger partial charge in [0.2, 0.25) is 0 Å². The number of ether oxygens (including phenoxy) is 2. The summed E-state index contributed by atoms with van der Waals surface area (Å²) in [5.74, 6) is 1.01. The van der Waals surface area contributed by atoms with E-state index in [1.165, 1.54) is 6.07 Å². The third-order valence-electron chi connectivity index (χ3n) is 3.43. The predicted molar refractivity (Wildman–Crippen MR) is 98.2 cm³/mol. The largest absolute Gasteiger partial charge is 0.491 e. The van der Waals surface area contributed by atoms with Gasteiger partial charge in [0.1, 0.15) is 5.82 Å². The molecule has 0 heterocycles. The van der Waals surface area contributed by atoms with Crippen LogP contribution in [0, 0.1) is 5.82 Å². The highest BCUT2D eigenvalue weighted by atomic mass is 35.5. The minimum Gasteiger partial charge on any atom is -0.491 e. The smallest absolute Gasteiger partial charge is 0.179 e. The van der Waals surface area contributed by atoms with Gasteiger partial charge in [-0.05, 0) is 49.2 Å². The Morgan fingerprint density at radius 1 is 1.21 bits per heavy atom. The molecular weight excluding hydrogens is 352 g/mol. The molecule has 0 fully saturated rings. The average Bonchev–Trinajstić information content (AvgIpc) is 2.53. The summed E-state index contributed by atoms with van der Waals surface area (Å²) >= 11 is 6.22. The zero-order valence-corrected chi connectivity index (χ0v) is 15.3. The van der Waals surface area contributed by atoms with Crippen LogP contribution in [0.4, 0.5) is 4.39 Å². The van der Waals surface area contributed by atoms with Crippen molar-refractivity contribution in [2.45, 2.75) is 19.9 Å². The van der Waals surface area contributed by atoms with E-state index in [1.807, 2.05) is 25.1 Å².